The average Bonchev–Trinajstić information content (AvgIpc) is 2.98. The molecule has 1 atom stereocenters. The molecule has 1 aromatic carbocycles. The highest BCUT2D eigenvalue weighted by Gasteiger charge is 2.34. The van der Waals surface area contributed by atoms with E-state index in [4.69, 9.17) is 5.10 Å². The van der Waals surface area contributed by atoms with E-state index < -0.39 is 0 Å². The van der Waals surface area contributed by atoms with Crippen LogP contribution < -0.4 is 4.90 Å². The van der Waals surface area contributed by atoms with Crippen molar-refractivity contribution in [2.75, 3.05) is 44.2 Å². The van der Waals surface area contributed by atoms with Gasteiger partial charge in [-0.15, -0.1) is 0 Å². The van der Waals surface area contributed by atoms with E-state index in [1.54, 1.807) is 6.07 Å². The zero-order chi connectivity index (χ0) is 22.1. The Bertz CT molecular complexity index is 955. The molecule has 1 unspecified atom stereocenters. The lowest BCUT2D eigenvalue weighted by Crippen LogP contribution is -2.52. The summed E-state index contributed by atoms with van der Waals surface area (Å²) in [5.41, 5.74) is 4.05. The number of hydrogen-bond donors (Lipinski definition) is 1. The van der Waals surface area contributed by atoms with Gasteiger partial charge in [0.2, 0.25) is 0 Å². The Labute approximate surface area is 190 Å². The molecule has 7 nitrogen and oxygen atoms in total. The first-order valence-electron chi connectivity index (χ1n) is 12.2. The molecule has 2 fully saturated rings. The third kappa shape index (κ3) is 4.10. The number of hydrogen-bond acceptors (Lipinski definition) is 5. The van der Waals surface area contributed by atoms with E-state index in [-0.39, 0.29) is 5.91 Å². The molecule has 1 N–H and O–H groups in total. The number of benzene rings is 1. The number of aromatic hydroxyl groups is 1. The number of rotatable bonds is 3. The zero-order valence-corrected chi connectivity index (χ0v) is 19.2. The highest BCUT2D eigenvalue weighted by molar-refractivity contribution is 5.94. The van der Waals surface area contributed by atoms with Gasteiger partial charge in [-0.25, -0.2) is 0 Å². The van der Waals surface area contributed by atoms with Gasteiger partial charge in [0.1, 0.15) is 5.75 Å². The Morgan fingerprint density at radius 2 is 1.72 bits per heavy atom. The van der Waals surface area contributed by atoms with Gasteiger partial charge in [-0.3, -0.25) is 14.4 Å². The summed E-state index contributed by atoms with van der Waals surface area (Å²) < 4.78 is 1.95. The number of carbonyl (C=O) groups excluding carboxylic acids is 1. The molecule has 0 radical (unpaired) electrons. The second-order valence-electron chi connectivity index (χ2n) is 9.51. The number of para-hydroxylation sites is 2. The molecule has 0 spiro atoms. The molecule has 3 heterocycles. The number of nitrogens with zero attached hydrogens (tertiary/aromatic N) is 5. The van der Waals surface area contributed by atoms with Crippen molar-refractivity contribution in [1.82, 2.24) is 19.6 Å². The molecule has 1 aliphatic carbocycles. The van der Waals surface area contributed by atoms with Crippen LogP contribution in [0, 0.1) is 0 Å². The summed E-state index contributed by atoms with van der Waals surface area (Å²) in [6.07, 6.45) is 7.65. The summed E-state index contributed by atoms with van der Waals surface area (Å²) in [7, 11) is 1.99. The van der Waals surface area contributed by atoms with Crippen molar-refractivity contribution in [2.45, 2.75) is 51.0 Å². The Hall–Kier alpha value is -2.54. The van der Waals surface area contributed by atoms with Gasteiger partial charge in [-0.05, 0) is 44.2 Å². The highest BCUT2D eigenvalue weighted by atomic mass is 16.3. The van der Waals surface area contributed by atoms with Crippen LogP contribution in [0.1, 0.15) is 53.8 Å². The third-order valence-electron chi connectivity index (χ3n) is 7.58. The molecule has 32 heavy (non-hydrogen) atoms. The molecule has 3 aliphatic rings. The van der Waals surface area contributed by atoms with Crippen LogP contribution in [0.5, 0.6) is 5.75 Å². The second kappa shape index (κ2) is 9.14. The number of phenols is 1. The summed E-state index contributed by atoms with van der Waals surface area (Å²) in [6, 6.07) is 8.06. The lowest BCUT2D eigenvalue weighted by molar-refractivity contribution is 0.0753. The molecule has 0 bridgehead atoms. The summed E-state index contributed by atoms with van der Waals surface area (Å²) in [4.78, 5) is 20.2. The minimum Gasteiger partial charge on any atom is -0.506 e. The molecule has 2 saturated heterocycles. The summed E-state index contributed by atoms with van der Waals surface area (Å²) in [6.45, 7) is 5.50. The Kier molecular flexibility index (Phi) is 6.09. The lowest BCUT2D eigenvalue weighted by Gasteiger charge is -2.41. The van der Waals surface area contributed by atoms with Crippen molar-refractivity contribution < 1.29 is 9.90 Å². The van der Waals surface area contributed by atoms with Crippen molar-refractivity contribution in [2.24, 2.45) is 7.05 Å². The minimum atomic E-state index is 0.133. The molecule has 1 amide bonds. The van der Waals surface area contributed by atoms with Crippen molar-refractivity contribution in [3.05, 3.63) is 41.2 Å². The van der Waals surface area contributed by atoms with Crippen LogP contribution in [0.3, 0.4) is 0 Å². The molecule has 2 aromatic rings. The average molecular weight is 438 g/mol. The maximum Gasteiger partial charge on any atom is 0.274 e. The number of amides is 1. The second-order valence-corrected chi connectivity index (χ2v) is 9.51. The number of fused-ring (bicyclic) bond motifs is 1. The van der Waals surface area contributed by atoms with Gasteiger partial charge in [0.25, 0.3) is 5.91 Å². The number of piperazine rings is 1. The molecular weight excluding hydrogens is 402 g/mol. The number of aromatic nitrogens is 2. The topological polar surface area (TPSA) is 64.8 Å². The third-order valence-corrected chi connectivity index (χ3v) is 7.58. The van der Waals surface area contributed by atoms with E-state index >= 15 is 0 Å². The Morgan fingerprint density at radius 3 is 2.44 bits per heavy atom. The fourth-order valence-electron chi connectivity index (χ4n) is 5.74. The van der Waals surface area contributed by atoms with Crippen LogP contribution in [0.4, 0.5) is 5.69 Å². The summed E-state index contributed by atoms with van der Waals surface area (Å²) >= 11 is 0. The Morgan fingerprint density at radius 1 is 1.00 bits per heavy atom. The standard InChI is InChI=1S/C25H35N5O2/c1-27-21-11-10-19(28-14-16-29(17-15-28)22-8-4-5-9-23(22)31)18-20(21)24(26-27)25(32)30-12-6-2-3-7-13-30/h4-5,8-9,19,31H,2-3,6-7,10-18H2,1H3. The maximum absolute atomic E-state index is 13.4. The molecule has 7 heteroatoms. The number of likely N-dealkylation sites (tertiary alicyclic amines) is 1. The van der Waals surface area contributed by atoms with Crippen LogP contribution in [0.25, 0.3) is 0 Å². The molecule has 1 aromatic heterocycles. The van der Waals surface area contributed by atoms with Crippen LogP contribution >= 0.6 is 0 Å². The Balaban J connectivity index is 1.28. The van der Waals surface area contributed by atoms with Gasteiger partial charge in [-0.1, -0.05) is 25.0 Å². The fourth-order valence-corrected chi connectivity index (χ4v) is 5.74. The maximum atomic E-state index is 13.4. The van der Waals surface area contributed by atoms with Gasteiger partial charge in [0.05, 0.1) is 5.69 Å². The first-order valence-corrected chi connectivity index (χ1v) is 12.2. The lowest BCUT2D eigenvalue weighted by atomic mass is 9.89. The number of phenolic OH excluding ortho intramolecular Hbond substituents is 1. The largest absolute Gasteiger partial charge is 0.506 e. The summed E-state index contributed by atoms with van der Waals surface area (Å²) in [5, 5.41) is 14.9. The van der Waals surface area contributed by atoms with E-state index in [2.05, 4.69) is 9.80 Å². The normalized spacial score (nSPS) is 22.5. The van der Waals surface area contributed by atoms with Gasteiger partial charge >= 0.3 is 0 Å². The van der Waals surface area contributed by atoms with Crippen LogP contribution in [-0.4, -0.2) is 75.9 Å². The molecule has 0 saturated carbocycles. The predicted molar refractivity (Wildman–Crippen MR) is 125 cm³/mol. The van der Waals surface area contributed by atoms with E-state index in [0.29, 0.717) is 17.5 Å². The predicted octanol–water partition coefficient (Wildman–Crippen LogP) is 2.82. The number of carbonyl (C=O) groups is 1. The smallest absolute Gasteiger partial charge is 0.274 e. The quantitative estimate of drug-likeness (QED) is 0.800. The van der Waals surface area contributed by atoms with Gasteiger partial charge in [0.15, 0.2) is 5.69 Å². The van der Waals surface area contributed by atoms with Crippen molar-refractivity contribution in [3.8, 4) is 5.75 Å². The van der Waals surface area contributed by atoms with Crippen molar-refractivity contribution in [1.29, 1.82) is 0 Å². The van der Waals surface area contributed by atoms with Crippen LogP contribution in [-0.2, 0) is 19.9 Å². The van der Waals surface area contributed by atoms with Crippen molar-refractivity contribution >= 4 is 11.6 Å². The highest BCUT2D eigenvalue weighted by Crippen LogP contribution is 2.31. The summed E-state index contributed by atoms with van der Waals surface area (Å²) in [5.74, 6) is 0.490. The zero-order valence-electron chi connectivity index (χ0n) is 19.2. The monoisotopic (exact) mass is 437 g/mol. The van der Waals surface area contributed by atoms with E-state index in [9.17, 15) is 9.90 Å². The molecule has 5 rings (SSSR count). The van der Waals surface area contributed by atoms with E-state index in [0.717, 1.165) is 77.1 Å². The van der Waals surface area contributed by atoms with E-state index in [1.807, 2.05) is 34.8 Å². The van der Waals surface area contributed by atoms with E-state index in [1.165, 1.54) is 24.1 Å². The first kappa shape index (κ1) is 21.3. The number of aryl methyl sites for hydroxylation is 1. The van der Waals surface area contributed by atoms with Gasteiger partial charge in [0, 0.05) is 63.6 Å². The minimum absolute atomic E-state index is 0.133. The van der Waals surface area contributed by atoms with Gasteiger partial charge < -0.3 is 14.9 Å². The number of anilines is 1. The van der Waals surface area contributed by atoms with Crippen LogP contribution in [0.15, 0.2) is 24.3 Å². The van der Waals surface area contributed by atoms with Crippen LogP contribution in [0.2, 0.25) is 0 Å². The first-order chi connectivity index (χ1) is 15.6. The fraction of sp³-hybridized carbons (Fsp3) is 0.600. The molecule has 2 aliphatic heterocycles. The molecule has 172 valence electrons. The van der Waals surface area contributed by atoms with Gasteiger partial charge in [-0.2, -0.15) is 5.10 Å². The molecular formula is C25H35N5O2. The SMILES string of the molecule is Cn1nc(C(=O)N2CCCCCC2)c2c1CCC(N1CCN(c3ccccc3O)CC1)C2. The van der Waals surface area contributed by atoms with Crippen molar-refractivity contribution in [3.63, 3.8) is 0 Å².